The van der Waals surface area contributed by atoms with Crippen molar-refractivity contribution >= 4 is 34.6 Å². The number of thioether (sulfide) groups is 1. The van der Waals surface area contributed by atoms with Crippen molar-refractivity contribution in [3.63, 3.8) is 0 Å². The maximum atomic E-state index is 15.1. The molecule has 3 aromatic carbocycles. The van der Waals surface area contributed by atoms with Crippen molar-refractivity contribution in [1.29, 1.82) is 0 Å². The molecule has 0 aliphatic carbocycles. The van der Waals surface area contributed by atoms with Gasteiger partial charge in [0.1, 0.15) is 12.4 Å². The number of likely N-dealkylation sites (N-methyl/N-ethyl adjacent to an activating group) is 1. The number of carbonyl (C=O) groups excluding carboxylic acids is 2. The quantitative estimate of drug-likeness (QED) is 0.169. The Hall–Kier alpha value is -4.47. The summed E-state index contributed by atoms with van der Waals surface area (Å²) in [5, 5.41) is 16.5. The van der Waals surface area contributed by atoms with Crippen LogP contribution in [0.1, 0.15) is 75.8 Å². The molecule has 0 amide bonds. The molecule has 5 N–H and O–H groups in total. The summed E-state index contributed by atoms with van der Waals surface area (Å²) in [5.41, 5.74) is 12.4. The standard InChI is InChI=1S/C42H47N5O8S/c1-19-11-22-13-41(4)16-46(5)31(28(22)33(49)34(19)51-6)32-38-30-29(37-36(53-18-54-37)20(2)35(30)55-21(3)48)27(47(32)41)15-52-40(50)42(17-56-38)39-25(12-23(14-43)45-42)24-9-7-8-10-26(24)44-39/h7-11,23,27,31-32,38,44-45,49H,12-18,43H2,1-6H3/t23-,27+,31?,32-,38-,41?,42-/m1/s1. The fraction of sp³-hybridized carbons (Fsp3) is 0.476. The summed E-state index contributed by atoms with van der Waals surface area (Å²) >= 11 is 1.63. The highest BCUT2D eigenvalue weighted by molar-refractivity contribution is 7.99. The summed E-state index contributed by atoms with van der Waals surface area (Å²) in [6.07, 6.45) is 1.28. The Morgan fingerprint density at radius 2 is 1.91 bits per heavy atom. The normalized spacial score (nSPS) is 31.3. The van der Waals surface area contributed by atoms with Crippen LogP contribution in [-0.4, -0.2) is 95.9 Å². The number of phenolic OH excluding ortho intramolecular Hbond substituents is 1. The largest absolute Gasteiger partial charge is 0.504 e. The summed E-state index contributed by atoms with van der Waals surface area (Å²) < 4.78 is 31.2. The molecule has 8 atom stereocenters. The SMILES string of the molecule is COc1c(C)cc2c(c1O)C1[C@@H]3[C@@H]4SC[C@]5(N[C@@H](CN)Cc6c5[nH]c5ccccc65)C(=O)OC[C@@H](c5c6c(c(C)c(OC(C)=O)c54)OCO6)N3C(C)(C2)CN1C. The monoisotopic (exact) mass is 781 g/mol. The van der Waals surface area contributed by atoms with Crippen LogP contribution in [0.2, 0.25) is 0 Å². The van der Waals surface area contributed by atoms with Gasteiger partial charge in [0.25, 0.3) is 0 Å². The van der Waals surface area contributed by atoms with Crippen molar-refractivity contribution in [2.45, 2.75) is 81.0 Å². The maximum Gasteiger partial charge on any atom is 0.333 e. The number of esters is 2. The smallest absolute Gasteiger partial charge is 0.333 e. The average Bonchev–Trinajstić information content (AvgIpc) is 3.76. The van der Waals surface area contributed by atoms with Gasteiger partial charge in [-0.3, -0.25) is 19.9 Å². The van der Waals surface area contributed by atoms with Crippen molar-refractivity contribution in [3.05, 3.63) is 75.0 Å². The Kier molecular flexibility index (Phi) is 8.02. The van der Waals surface area contributed by atoms with Gasteiger partial charge in [-0.25, -0.2) is 4.79 Å². The summed E-state index contributed by atoms with van der Waals surface area (Å²) in [4.78, 5) is 36.6. The molecule has 0 saturated carbocycles. The lowest BCUT2D eigenvalue weighted by molar-refractivity contribution is -0.160. The highest BCUT2D eigenvalue weighted by Gasteiger charge is 2.63. The molecular formula is C42H47N5O8S. The first-order valence-electron chi connectivity index (χ1n) is 19.3. The lowest BCUT2D eigenvalue weighted by atomic mass is 9.76. The summed E-state index contributed by atoms with van der Waals surface area (Å²) in [5.74, 6) is 1.55. The number of aromatic nitrogens is 1. The zero-order valence-electron chi connectivity index (χ0n) is 32.4. The number of aromatic amines is 1. The van der Waals surface area contributed by atoms with E-state index < -0.39 is 28.3 Å². The number of nitrogens with one attached hydrogen (secondary N) is 2. The predicted octanol–water partition coefficient (Wildman–Crippen LogP) is 4.58. The van der Waals surface area contributed by atoms with E-state index in [1.165, 1.54) is 6.92 Å². The van der Waals surface area contributed by atoms with Gasteiger partial charge in [-0.05, 0) is 63.4 Å². The van der Waals surface area contributed by atoms with E-state index in [1.807, 2.05) is 32.0 Å². The molecule has 56 heavy (non-hydrogen) atoms. The van der Waals surface area contributed by atoms with Crippen LogP contribution < -0.4 is 30.0 Å². The molecule has 14 heteroatoms. The van der Waals surface area contributed by atoms with E-state index in [0.717, 1.165) is 50.0 Å². The van der Waals surface area contributed by atoms with E-state index in [9.17, 15) is 9.90 Å². The number of methoxy groups -OCH3 is 1. The number of hydrogen-bond donors (Lipinski definition) is 4. The van der Waals surface area contributed by atoms with Gasteiger partial charge in [0.2, 0.25) is 6.79 Å². The number of fused-ring (bicyclic) bond motifs is 8. The van der Waals surface area contributed by atoms with Crippen LogP contribution in [0.4, 0.5) is 0 Å². The molecule has 12 rings (SSSR count). The Morgan fingerprint density at radius 3 is 2.68 bits per heavy atom. The lowest BCUT2D eigenvalue weighted by Gasteiger charge is -2.61. The van der Waals surface area contributed by atoms with E-state index in [1.54, 1.807) is 18.9 Å². The van der Waals surface area contributed by atoms with Crippen LogP contribution in [0.25, 0.3) is 10.9 Å². The number of benzene rings is 3. The third-order valence-corrected chi connectivity index (χ3v) is 14.7. The molecule has 2 saturated heterocycles. The van der Waals surface area contributed by atoms with Crippen molar-refractivity contribution in [1.82, 2.24) is 20.1 Å². The van der Waals surface area contributed by atoms with Crippen LogP contribution in [-0.2, 0) is 32.7 Å². The molecule has 4 aromatic rings. The number of hydrogen-bond acceptors (Lipinski definition) is 13. The van der Waals surface area contributed by atoms with Crippen LogP contribution in [0.15, 0.2) is 30.3 Å². The first-order chi connectivity index (χ1) is 26.9. The molecule has 4 bridgehead atoms. The van der Waals surface area contributed by atoms with Crippen LogP contribution in [0.5, 0.6) is 28.7 Å². The molecule has 8 aliphatic heterocycles. The zero-order valence-corrected chi connectivity index (χ0v) is 33.2. The highest BCUT2D eigenvalue weighted by Crippen LogP contribution is 2.65. The predicted molar refractivity (Wildman–Crippen MR) is 210 cm³/mol. The van der Waals surface area contributed by atoms with Gasteiger partial charge in [-0.2, -0.15) is 0 Å². The van der Waals surface area contributed by atoms with E-state index in [4.69, 9.17) is 29.4 Å². The molecule has 2 fully saturated rings. The maximum absolute atomic E-state index is 15.1. The van der Waals surface area contributed by atoms with Gasteiger partial charge in [-0.15, -0.1) is 11.8 Å². The number of nitrogens with two attached hydrogens (primary N) is 1. The fourth-order valence-corrected chi connectivity index (χ4v) is 12.9. The van der Waals surface area contributed by atoms with Crippen molar-refractivity contribution in [3.8, 4) is 28.7 Å². The topological polar surface area (TPSA) is 161 Å². The molecule has 13 nitrogen and oxygen atoms in total. The van der Waals surface area contributed by atoms with Crippen LogP contribution in [0.3, 0.4) is 0 Å². The average molecular weight is 782 g/mol. The van der Waals surface area contributed by atoms with Crippen LogP contribution >= 0.6 is 11.8 Å². The van der Waals surface area contributed by atoms with Crippen molar-refractivity contribution in [2.24, 2.45) is 5.73 Å². The number of para-hydroxylation sites is 1. The van der Waals surface area contributed by atoms with E-state index >= 15 is 4.79 Å². The molecule has 1 spiro atoms. The Labute approximate surface area is 329 Å². The molecular weight excluding hydrogens is 735 g/mol. The van der Waals surface area contributed by atoms with Gasteiger partial charge in [0.05, 0.1) is 30.1 Å². The minimum Gasteiger partial charge on any atom is -0.504 e. The number of phenols is 1. The van der Waals surface area contributed by atoms with Gasteiger partial charge < -0.3 is 39.5 Å². The second kappa shape index (κ2) is 12.5. The first kappa shape index (κ1) is 35.9. The van der Waals surface area contributed by atoms with Gasteiger partial charge in [0.15, 0.2) is 28.5 Å². The zero-order chi connectivity index (χ0) is 39.0. The Balaban J connectivity index is 1.26. The number of aromatic hydroxyl groups is 1. The molecule has 294 valence electrons. The number of ether oxygens (including phenoxy) is 5. The first-order valence-corrected chi connectivity index (χ1v) is 20.3. The Bertz CT molecular complexity index is 2370. The molecule has 3 unspecified atom stereocenters. The third-order valence-electron chi connectivity index (χ3n) is 13.2. The second-order valence-corrected chi connectivity index (χ2v) is 17.7. The van der Waals surface area contributed by atoms with Gasteiger partial charge in [-0.1, -0.05) is 24.3 Å². The van der Waals surface area contributed by atoms with Gasteiger partial charge >= 0.3 is 11.9 Å². The second-order valence-electron chi connectivity index (χ2n) is 16.6. The number of rotatable bonds is 3. The van der Waals surface area contributed by atoms with Crippen LogP contribution in [0, 0.1) is 13.8 Å². The van der Waals surface area contributed by atoms with Crippen molar-refractivity contribution < 1.29 is 38.4 Å². The number of aryl methyl sites for hydroxylation is 1. The number of nitrogens with zero attached hydrogens (tertiary/aromatic N) is 2. The highest BCUT2D eigenvalue weighted by atomic mass is 32.2. The fourth-order valence-electron chi connectivity index (χ4n) is 11.2. The molecule has 1 aromatic heterocycles. The van der Waals surface area contributed by atoms with E-state index in [-0.39, 0.29) is 49.0 Å². The minimum absolute atomic E-state index is 0.0115. The summed E-state index contributed by atoms with van der Waals surface area (Å²) in [6, 6.07) is 8.90. The number of piperazine rings is 1. The Morgan fingerprint density at radius 1 is 1.12 bits per heavy atom. The molecule has 0 radical (unpaired) electrons. The number of carbonyl (C=O) groups is 2. The molecule has 9 heterocycles. The summed E-state index contributed by atoms with van der Waals surface area (Å²) in [7, 11) is 3.70. The summed E-state index contributed by atoms with van der Waals surface area (Å²) in [6.45, 7) is 8.53. The lowest BCUT2D eigenvalue weighted by Crippen LogP contribution is -2.69. The minimum atomic E-state index is -1.28. The third kappa shape index (κ3) is 4.76. The molecule has 8 aliphatic rings. The van der Waals surface area contributed by atoms with Gasteiger partial charge in [0, 0.05) is 76.5 Å². The van der Waals surface area contributed by atoms with Crippen molar-refractivity contribution in [2.75, 3.05) is 46.4 Å². The van der Waals surface area contributed by atoms with E-state index in [2.05, 4.69) is 46.2 Å². The van der Waals surface area contributed by atoms with E-state index in [0.29, 0.717) is 54.5 Å². The number of H-pyrrole nitrogens is 1.